The van der Waals surface area contributed by atoms with Gasteiger partial charge in [0, 0.05) is 36.3 Å². The summed E-state index contributed by atoms with van der Waals surface area (Å²) in [7, 11) is 0. The quantitative estimate of drug-likeness (QED) is 0.0558. The molecule has 1 saturated heterocycles. The Morgan fingerprint density at radius 2 is 1.70 bits per heavy atom. The lowest BCUT2D eigenvalue weighted by Gasteiger charge is -2.36. The third kappa shape index (κ3) is 9.11. The van der Waals surface area contributed by atoms with Gasteiger partial charge in [-0.05, 0) is 70.8 Å². The Bertz CT molecular complexity index is 1580. The molecule has 0 bridgehead atoms. The summed E-state index contributed by atoms with van der Waals surface area (Å²) in [4.78, 5) is 23.7. The first kappa shape index (κ1) is 33.0. The number of phenolic OH excluding ortho intramolecular Hbond substituents is 1. The number of carbonyl (C=O) groups is 2. The van der Waals surface area contributed by atoms with Gasteiger partial charge >= 0.3 is 0 Å². The number of hydrogen-bond donors (Lipinski definition) is 5. The average molecular weight is 649 g/mol. The number of aromatic nitrogens is 4. The Morgan fingerprint density at radius 1 is 0.935 bits per heavy atom. The van der Waals surface area contributed by atoms with Gasteiger partial charge in [-0.3, -0.25) is 14.8 Å². The minimum Gasteiger partial charge on any atom is -0.508 e. The highest BCUT2D eigenvalue weighted by Crippen LogP contribution is 2.40. The number of nitrogens with one attached hydrogen (secondary N) is 2. The van der Waals surface area contributed by atoms with E-state index in [1.165, 1.54) is 11.8 Å². The molecule has 2 amide bonds. The van der Waals surface area contributed by atoms with Gasteiger partial charge in [0.25, 0.3) is 0 Å². The number of rotatable bonds is 14. The van der Waals surface area contributed by atoms with Crippen molar-refractivity contribution in [2.24, 2.45) is 0 Å². The predicted octanol–water partition coefficient (Wildman–Crippen LogP) is 4.59. The largest absolute Gasteiger partial charge is 0.508 e. The highest BCUT2D eigenvalue weighted by atomic mass is 32.2. The lowest BCUT2D eigenvalue weighted by atomic mass is 10.0. The van der Waals surface area contributed by atoms with Crippen molar-refractivity contribution in [1.29, 1.82) is 0 Å². The van der Waals surface area contributed by atoms with Gasteiger partial charge in [-0.25, -0.2) is 5.48 Å². The molecule has 5 N–H and O–H groups in total. The van der Waals surface area contributed by atoms with E-state index >= 15 is 0 Å². The second kappa shape index (κ2) is 16.3. The SMILES string of the molecule is O=C(CCCCCC(=O)Nc1cccc([C@@H]2O[C@H](CSc3nnnn3-c3ccc(O)cc3)C[C@H](c3ccc(CO)cc3)O2)c1)NO. The molecule has 3 aromatic carbocycles. The number of amides is 2. The minimum atomic E-state index is -0.718. The third-order valence-corrected chi connectivity index (χ3v) is 8.47. The van der Waals surface area contributed by atoms with Crippen molar-refractivity contribution in [1.82, 2.24) is 25.7 Å². The van der Waals surface area contributed by atoms with Crippen LogP contribution < -0.4 is 10.8 Å². The van der Waals surface area contributed by atoms with Crippen molar-refractivity contribution in [3.8, 4) is 11.4 Å². The summed E-state index contributed by atoms with van der Waals surface area (Å²) in [6.07, 6.45) is 1.71. The number of hydroxylamine groups is 1. The normalized spacial score (nSPS) is 17.8. The number of tetrazole rings is 1. The zero-order chi connectivity index (χ0) is 32.3. The molecule has 0 saturated carbocycles. The Balaban J connectivity index is 1.26. The highest BCUT2D eigenvalue weighted by Gasteiger charge is 2.33. The van der Waals surface area contributed by atoms with Crippen LogP contribution in [0.1, 0.15) is 67.6 Å². The number of benzene rings is 3. The van der Waals surface area contributed by atoms with Crippen LogP contribution in [0.15, 0.2) is 78.0 Å². The summed E-state index contributed by atoms with van der Waals surface area (Å²) in [5.41, 5.74) is 5.44. The maximum atomic E-state index is 12.6. The second-order valence-electron chi connectivity index (χ2n) is 10.8. The van der Waals surface area contributed by atoms with Crippen LogP contribution in [0.25, 0.3) is 5.69 Å². The standard InChI is InChI=1S/C32H36N6O7S/c39-19-21-9-11-22(12-10-21)28-18-27(20-46-32-34-36-37-38(32)25-13-15-26(40)16-14-25)44-31(45-28)23-5-4-6-24(17-23)33-29(41)7-2-1-3-8-30(42)35-43/h4-6,9-17,27-28,31,39-40,43H,1-3,7-8,18-20H2,(H,33,41)(H,35,42)/t27-,28+,31+/m0/s1. The number of ether oxygens (including phenoxy) is 2. The van der Waals surface area contributed by atoms with Gasteiger partial charge in [-0.2, -0.15) is 4.68 Å². The van der Waals surface area contributed by atoms with Crippen LogP contribution in [-0.2, 0) is 25.7 Å². The summed E-state index contributed by atoms with van der Waals surface area (Å²) < 4.78 is 14.5. The summed E-state index contributed by atoms with van der Waals surface area (Å²) in [6.45, 7) is -0.0497. The Morgan fingerprint density at radius 3 is 2.43 bits per heavy atom. The fourth-order valence-electron chi connectivity index (χ4n) is 5.01. The maximum Gasteiger partial charge on any atom is 0.243 e. The molecule has 46 heavy (non-hydrogen) atoms. The van der Waals surface area contributed by atoms with E-state index < -0.39 is 12.2 Å². The van der Waals surface area contributed by atoms with E-state index in [1.807, 2.05) is 42.5 Å². The van der Waals surface area contributed by atoms with Crippen molar-refractivity contribution in [2.45, 2.75) is 68.8 Å². The predicted molar refractivity (Wildman–Crippen MR) is 168 cm³/mol. The Kier molecular flexibility index (Phi) is 11.7. The molecule has 5 rings (SSSR count). The summed E-state index contributed by atoms with van der Waals surface area (Å²) in [6, 6.07) is 21.6. The van der Waals surface area contributed by atoms with Gasteiger partial charge in [0.2, 0.25) is 17.0 Å². The number of aromatic hydroxyl groups is 1. The van der Waals surface area contributed by atoms with Gasteiger partial charge in [0.05, 0.1) is 24.5 Å². The molecule has 13 nitrogen and oxygen atoms in total. The van der Waals surface area contributed by atoms with Crippen molar-refractivity contribution >= 4 is 29.3 Å². The number of phenols is 1. The molecule has 2 heterocycles. The highest BCUT2D eigenvalue weighted by molar-refractivity contribution is 7.99. The molecule has 242 valence electrons. The van der Waals surface area contributed by atoms with Crippen LogP contribution in [0.4, 0.5) is 5.69 Å². The van der Waals surface area contributed by atoms with E-state index in [0.717, 1.165) is 16.7 Å². The van der Waals surface area contributed by atoms with E-state index in [1.54, 1.807) is 40.5 Å². The topological polar surface area (TPSA) is 181 Å². The summed E-state index contributed by atoms with van der Waals surface area (Å²) in [5, 5.41) is 43.4. The number of aliphatic hydroxyl groups is 1. The molecule has 14 heteroatoms. The van der Waals surface area contributed by atoms with E-state index in [2.05, 4.69) is 20.8 Å². The van der Waals surface area contributed by atoms with Crippen molar-refractivity contribution in [3.63, 3.8) is 0 Å². The molecule has 1 aliphatic rings. The lowest BCUT2D eigenvalue weighted by Crippen LogP contribution is -2.31. The van der Waals surface area contributed by atoms with Gasteiger partial charge in [-0.1, -0.05) is 54.6 Å². The number of nitrogens with zero attached hydrogens (tertiary/aromatic N) is 4. The van der Waals surface area contributed by atoms with Gasteiger partial charge < -0.3 is 25.0 Å². The molecule has 4 aromatic rings. The molecule has 1 fully saturated rings. The number of thioether (sulfide) groups is 1. The van der Waals surface area contributed by atoms with E-state index in [4.69, 9.17) is 14.7 Å². The first-order valence-electron chi connectivity index (χ1n) is 15.0. The first-order chi connectivity index (χ1) is 22.4. The van der Waals surface area contributed by atoms with Crippen molar-refractivity contribution in [3.05, 3.63) is 89.5 Å². The van der Waals surface area contributed by atoms with E-state index in [9.17, 15) is 19.8 Å². The maximum absolute atomic E-state index is 12.6. The fourth-order valence-corrected chi connectivity index (χ4v) is 5.91. The Hall–Kier alpha value is -4.34. The van der Waals surface area contributed by atoms with E-state index in [0.29, 0.717) is 54.4 Å². The number of anilines is 1. The monoisotopic (exact) mass is 648 g/mol. The van der Waals surface area contributed by atoms with Crippen LogP contribution in [0.5, 0.6) is 5.75 Å². The molecule has 3 atom stereocenters. The zero-order valence-corrected chi connectivity index (χ0v) is 25.8. The summed E-state index contributed by atoms with van der Waals surface area (Å²) in [5.74, 6) is 0.0982. The average Bonchev–Trinajstić information content (AvgIpc) is 3.56. The second-order valence-corrected chi connectivity index (χ2v) is 11.8. The molecule has 1 aliphatic heterocycles. The van der Waals surface area contributed by atoms with Crippen molar-refractivity contribution in [2.75, 3.05) is 11.1 Å². The minimum absolute atomic E-state index is 0.0497. The Labute approximate surface area is 269 Å². The molecule has 0 spiro atoms. The van der Waals surface area contributed by atoms with E-state index in [-0.39, 0.29) is 36.9 Å². The zero-order valence-electron chi connectivity index (χ0n) is 25.0. The van der Waals surface area contributed by atoms with Gasteiger partial charge in [-0.15, -0.1) is 5.10 Å². The number of aliphatic hydroxyl groups excluding tert-OH is 1. The molecular formula is C32H36N6O7S. The number of carbonyl (C=O) groups excluding carboxylic acids is 2. The number of unbranched alkanes of at least 4 members (excludes halogenated alkanes) is 2. The van der Waals surface area contributed by atoms with Crippen molar-refractivity contribution < 1.29 is 34.5 Å². The lowest BCUT2D eigenvalue weighted by molar-refractivity contribution is -0.245. The third-order valence-electron chi connectivity index (χ3n) is 7.42. The molecule has 0 radical (unpaired) electrons. The molecular weight excluding hydrogens is 612 g/mol. The van der Waals surface area contributed by atoms with Crippen LogP contribution in [0.2, 0.25) is 0 Å². The smallest absolute Gasteiger partial charge is 0.243 e. The fraction of sp³-hybridized carbons (Fsp3) is 0.344. The van der Waals surface area contributed by atoms with Gasteiger partial charge in [0.1, 0.15) is 5.75 Å². The van der Waals surface area contributed by atoms with Crippen LogP contribution in [0, 0.1) is 0 Å². The summed E-state index contributed by atoms with van der Waals surface area (Å²) >= 11 is 1.44. The van der Waals surface area contributed by atoms with Crippen LogP contribution >= 0.6 is 11.8 Å². The molecule has 0 aliphatic carbocycles. The first-order valence-corrected chi connectivity index (χ1v) is 15.9. The van der Waals surface area contributed by atoms with Crippen LogP contribution in [-0.4, -0.2) is 59.3 Å². The molecule has 0 unspecified atom stereocenters. The van der Waals surface area contributed by atoms with Gasteiger partial charge in [0.15, 0.2) is 6.29 Å². The number of hydrogen-bond acceptors (Lipinski definition) is 11. The molecule has 1 aromatic heterocycles. The van der Waals surface area contributed by atoms with Crippen LogP contribution in [0.3, 0.4) is 0 Å².